The van der Waals surface area contributed by atoms with Gasteiger partial charge < -0.3 is 0 Å². The molecule has 6 nitrogen and oxygen atoms in total. The number of anilines is 1. The Morgan fingerprint density at radius 3 is 2.62 bits per heavy atom. The second-order valence-corrected chi connectivity index (χ2v) is 9.20. The second-order valence-electron chi connectivity index (χ2n) is 7.38. The minimum atomic E-state index is -0.752. The molecule has 0 aliphatic carbocycles. The molecule has 1 atom stereocenters. The summed E-state index contributed by atoms with van der Waals surface area (Å²) in [4.78, 5) is 40.5. The molecule has 0 bridgehead atoms. The van der Waals surface area contributed by atoms with Gasteiger partial charge in [0.05, 0.1) is 23.0 Å². The van der Waals surface area contributed by atoms with E-state index < -0.39 is 17.6 Å². The fourth-order valence-corrected chi connectivity index (χ4v) is 5.17. The smallest absolute Gasteiger partial charge is 0.295 e. The van der Waals surface area contributed by atoms with E-state index in [1.807, 2.05) is 35.7 Å². The molecule has 3 aromatic rings. The van der Waals surface area contributed by atoms with Gasteiger partial charge in [-0.05, 0) is 35.7 Å². The van der Waals surface area contributed by atoms with Crippen LogP contribution in [0.25, 0.3) is 0 Å². The molecule has 3 heterocycles. The van der Waals surface area contributed by atoms with Crippen LogP contribution in [0.15, 0.2) is 65.1 Å². The Morgan fingerprint density at radius 1 is 1.06 bits per heavy atom. The summed E-state index contributed by atoms with van der Waals surface area (Å²) in [5, 5.41) is 8.83. The molecule has 32 heavy (non-hydrogen) atoms. The molecule has 0 N–H and O–H groups in total. The summed E-state index contributed by atoms with van der Waals surface area (Å²) in [5.41, 5.74) is 2.03. The summed E-state index contributed by atoms with van der Waals surface area (Å²) < 4.78 is 0. The lowest BCUT2D eigenvalue weighted by atomic mass is 10.0. The van der Waals surface area contributed by atoms with Crippen LogP contribution in [0.3, 0.4) is 0 Å². The van der Waals surface area contributed by atoms with Crippen LogP contribution in [0.2, 0.25) is 10.0 Å². The van der Waals surface area contributed by atoms with Crippen molar-refractivity contribution < 1.29 is 14.4 Å². The van der Waals surface area contributed by atoms with Crippen molar-refractivity contribution in [2.75, 3.05) is 11.4 Å². The first-order valence-electron chi connectivity index (χ1n) is 9.77. The van der Waals surface area contributed by atoms with Crippen LogP contribution in [0, 0.1) is 0 Å². The van der Waals surface area contributed by atoms with Crippen LogP contribution in [0.1, 0.15) is 33.3 Å². The van der Waals surface area contributed by atoms with E-state index in [1.54, 1.807) is 18.2 Å². The average Bonchev–Trinajstić information content (AvgIpc) is 3.50. The van der Waals surface area contributed by atoms with Crippen LogP contribution < -0.4 is 4.90 Å². The summed E-state index contributed by atoms with van der Waals surface area (Å²) in [6.45, 7) is -0.305. The molecule has 0 fully saturated rings. The van der Waals surface area contributed by atoms with Gasteiger partial charge in [0.1, 0.15) is 6.54 Å². The first-order chi connectivity index (χ1) is 15.4. The molecule has 0 spiro atoms. The zero-order valence-corrected chi connectivity index (χ0v) is 18.8. The summed E-state index contributed by atoms with van der Waals surface area (Å²) in [5.74, 6) is -1.82. The second kappa shape index (κ2) is 8.16. The topological polar surface area (TPSA) is 70.1 Å². The zero-order chi connectivity index (χ0) is 22.4. The Morgan fingerprint density at radius 2 is 1.88 bits per heavy atom. The standard InChI is InChI=1S/C23H15Cl2N3O3S/c24-13-7-8-18-15(10-13)22(30)23(31)27(18)12-21(29)28-19(20-6-3-9-32-20)11-17(26-28)14-4-1-2-5-16(14)25/h1-10,19H,11-12H2. The van der Waals surface area contributed by atoms with Crippen molar-refractivity contribution in [1.29, 1.82) is 0 Å². The number of halogens is 2. The third-order valence-electron chi connectivity index (χ3n) is 5.45. The number of hydrogen-bond donors (Lipinski definition) is 0. The van der Waals surface area contributed by atoms with E-state index in [0.29, 0.717) is 27.9 Å². The lowest BCUT2D eigenvalue weighted by Gasteiger charge is -2.23. The monoisotopic (exact) mass is 483 g/mol. The lowest BCUT2D eigenvalue weighted by molar-refractivity contribution is -0.132. The minimum Gasteiger partial charge on any atom is -0.295 e. The van der Waals surface area contributed by atoms with Crippen molar-refractivity contribution in [2.45, 2.75) is 12.5 Å². The van der Waals surface area contributed by atoms with Gasteiger partial charge in [0.2, 0.25) is 0 Å². The normalized spacial score (nSPS) is 17.7. The molecule has 5 rings (SSSR count). The number of hydrogen-bond acceptors (Lipinski definition) is 5. The minimum absolute atomic E-state index is 0.201. The highest BCUT2D eigenvalue weighted by Crippen LogP contribution is 2.37. The van der Waals surface area contributed by atoms with Gasteiger partial charge in [-0.15, -0.1) is 11.3 Å². The number of carbonyl (C=O) groups excluding carboxylic acids is 3. The van der Waals surface area contributed by atoms with Crippen molar-refractivity contribution in [3.05, 3.63) is 86.0 Å². The van der Waals surface area contributed by atoms with Crippen LogP contribution >= 0.6 is 34.5 Å². The maximum Gasteiger partial charge on any atom is 0.299 e. The number of nitrogens with zero attached hydrogens (tertiary/aromatic N) is 3. The molecule has 1 aromatic heterocycles. The predicted molar refractivity (Wildman–Crippen MR) is 125 cm³/mol. The third kappa shape index (κ3) is 3.52. The van der Waals surface area contributed by atoms with Crippen molar-refractivity contribution in [1.82, 2.24) is 5.01 Å². The number of amides is 2. The van der Waals surface area contributed by atoms with Crippen molar-refractivity contribution in [3.63, 3.8) is 0 Å². The summed E-state index contributed by atoms with van der Waals surface area (Å²) in [7, 11) is 0. The highest BCUT2D eigenvalue weighted by molar-refractivity contribution is 7.10. The van der Waals surface area contributed by atoms with E-state index in [9.17, 15) is 14.4 Å². The van der Waals surface area contributed by atoms with E-state index >= 15 is 0 Å². The fraction of sp³-hybridized carbons (Fsp3) is 0.130. The van der Waals surface area contributed by atoms with Gasteiger partial charge in [-0.3, -0.25) is 19.3 Å². The number of carbonyl (C=O) groups is 3. The van der Waals surface area contributed by atoms with Gasteiger partial charge in [-0.25, -0.2) is 5.01 Å². The van der Waals surface area contributed by atoms with E-state index in [0.717, 1.165) is 10.4 Å². The van der Waals surface area contributed by atoms with Gasteiger partial charge in [-0.2, -0.15) is 5.10 Å². The average molecular weight is 484 g/mol. The van der Waals surface area contributed by atoms with Crippen molar-refractivity contribution >= 4 is 63.5 Å². The molecule has 2 aliphatic rings. The maximum absolute atomic E-state index is 13.4. The summed E-state index contributed by atoms with van der Waals surface area (Å²) >= 11 is 13.9. The number of benzene rings is 2. The molecule has 9 heteroatoms. The number of ketones is 1. The third-order valence-corrected chi connectivity index (χ3v) is 6.99. The number of thiophene rings is 1. The summed E-state index contributed by atoms with van der Waals surface area (Å²) in [6, 6.07) is 15.5. The van der Waals surface area contributed by atoms with Crippen LogP contribution in [-0.4, -0.2) is 34.9 Å². The molecular formula is C23H15Cl2N3O3S. The highest BCUT2D eigenvalue weighted by Gasteiger charge is 2.40. The first kappa shape index (κ1) is 20.9. The molecule has 0 radical (unpaired) electrons. The Hall–Kier alpha value is -3.00. The maximum atomic E-state index is 13.4. The quantitative estimate of drug-likeness (QED) is 0.492. The Kier molecular flexibility index (Phi) is 5.33. The van der Waals surface area contributed by atoms with Gasteiger partial charge in [0, 0.05) is 26.9 Å². The molecule has 2 aliphatic heterocycles. The SMILES string of the molecule is O=C1C(=O)N(CC(=O)N2N=C(c3ccccc3Cl)CC2c2cccs2)c2ccc(Cl)cc21. The van der Waals surface area contributed by atoms with Crippen molar-refractivity contribution in [2.24, 2.45) is 5.10 Å². The number of Topliss-reactive ketones (excluding diaryl/α,β-unsaturated/α-hetero) is 1. The van der Waals surface area contributed by atoms with Gasteiger partial charge in [0.15, 0.2) is 0 Å². The first-order valence-corrected chi connectivity index (χ1v) is 11.4. The molecule has 160 valence electrons. The molecule has 1 unspecified atom stereocenters. The Balaban J connectivity index is 1.48. The largest absolute Gasteiger partial charge is 0.299 e. The lowest BCUT2D eigenvalue weighted by Crippen LogP contribution is -2.40. The number of rotatable bonds is 4. The molecule has 2 amide bonds. The molecular weight excluding hydrogens is 469 g/mol. The number of hydrazone groups is 1. The van der Waals surface area contributed by atoms with Crippen LogP contribution in [-0.2, 0) is 9.59 Å². The number of fused-ring (bicyclic) bond motifs is 1. The molecule has 0 saturated carbocycles. The Labute approximate surface area is 197 Å². The summed E-state index contributed by atoms with van der Waals surface area (Å²) in [6.07, 6.45) is 0.495. The van der Waals surface area contributed by atoms with E-state index in [4.69, 9.17) is 23.2 Å². The van der Waals surface area contributed by atoms with E-state index in [1.165, 1.54) is 27.3 Å². The van der Waals surface area contributed by atoms with Crippen LogP contribution in [0.4, 0.5) is 5.69 Å². The Bertz CT molecular complexity index is 1290. The molecule has 2 aromatic carbocycles. The highest BCUT2D eigenvalue weighted by atomic mass is 35.5. The fourth-order valence-electron chi connectivity index (χ4n) is 3.94. The zero-order valence-electron chi connectivity index (χ0n) is 16.5. The van der Waals surface area contributed by atoms with Gasteiger partial charge in [-0.1, -0.05) is 47.5 Å². The molecule has 0 saturated heterocycles. The van der Waals surface area contributed by atoms with Crippen LogP contribution in [0.5, 0.6) is 0 Å². The van der Waals surface area contributed by atoms with Gasteiger partial charge >= 0.3 is 0 Å². The van der Waals surface area contributed by atoms with Crippen molar-refractivity contribution in [3.8, 4) is 0 Å². The predicted octanol–water partition coefficient (Wildman–Crippen LogP) is 4.96. The van der Waals surface area contributed by atoms with E-state index in [-0.39, 0.29) is 18.2 Å². The van der Waals surface area contributed by atoms with Gasteiger partial charge in [0.25, 0.3) is 17.6 Å². The van der Waals surface area contributed by atoms with E-state index in [2.05, 4.69) is 5.10 Å².